The van der Waals surface area contributed by atoms with E-state index in [9.17, 15) is 4.79 Å². The van der Waals surface area contributed by atoms with Crippen molar-refractivity contribution in [3.63, 3.8) is 0 Å². The number of carbonyl (C=O) groups excluding carboxylic acids is 1. The number of furan rings is 1. The van der Waals surface area contributed by atoms with E-state index in [-0.39, 0.29) is 12.5 Å². The number of rotatable bonds is 2. The van der Waals surface area contributed by atoms with Gasteiger partial charge in [-0.25, -0.2) is 5.43 Å². The first-order chi connectivity index (χ1) is 10.8. The van der Waals surface area contributed by atoms with Gasteiger partial charge >= 0.3 is 0 Å². The van der Waals surface area contributed by atoms with Crippen LogP contribution in [-0.4, -0.2) is 10.5 Å². The van der Waals surface area contributed by atoms with Gasteiger partial charge in [-0.3, -0.25) is 4.79 Å². The Morgan fingerprint density at radius 2 is 2.05 bits per heavy atom. The number of nitrogens with zero attached hydrogens (tertiary/aromatic N) is 2. The number of benzene rings is 1. The summed E-state index contributed by atoms with van der Waals surface area (Å²) >= 11 is 0. The predicted molar refractivity (Wildman–Crippen MR) is 81.1 cm³/mol. The molecule has 0 saturated carbocycles. The average Bonchev–Trinajstić information content (AvgIpc) is 3.17. The second-order valence-corrected chi connectivity index (χ2v) is 5.07. The molecule has 0 atom stereocenters. The van der Waals surface area contributed by atoms with Gasteiger partial charge in [0.2, 0.25) is 0 Å². The van der Waals surface area contributed by atoms with Crippen LogP contribution in [0, 0.1) is 0 Å². The van der Waals surface area contributed by atoms with Crippen molar-refractivity contribution in [3.05, 3.63) is 71.3 Å². The van der Waals surface area contributed by atoms with Gasteiger partial charge in [-0.2, -0.15) is 5.10 Å². The predicted octanol–water partition coefficient (Wildman–Crippen LogP) is 1.24. The van der Waals surface area contributed by atoms with E-state index in [2.05, 4.69) is 10.5 Å². The van der Waals surface area contributed by atoms with Gasteiger partial charge in [0.25, 0.3) is 5.91 Å². The van der Waals surface area contributed by atoms with Gasteiger partial charge in [0.15, 0.2) is 5.49 Å². The zero-order chi connectivity index (χ0) is 14.9. The lowest BCUT2D eigenvalue weighted by Crippen LogP contribution is -2.42. The van der Waals surface area contributed by atoms with Crippen LogP contribution in [0.4, 0.5) is 0 Å². The number of aromatic nitrogens is 1. The first-order valence-electron chi connectivity index (χ1n) is 6.98. The molecule has 0 aliphatic carbocycles. The van der Waals surface area contributed by atoms with Crippen LogP contribution in [-0.2, 0) is 11.3 Å². The maximum Gasteiger partial charge on any atom is 0.260 e. The van der Waals surface area contributed by atoms with Crippen molar-refractivity contribution >= 4 is 12.0 Å². The maximum atomic E-state index is 11.7. The van der Waals surface area contributed by atoms with Crippen molar-refractivity contribution in [3.8, 4) is 11.3 Å². The first-order valence-corrected chi connectivity index (χ1v) is 6.98. The molecule has 2 aromatic heterocycles. The highest BCUT2D eigenvalue weighted by atomic mass is 16.3. The van der Waals surface area contributed by atoms with Crippen molar-refractivity contribution < 1.29 is 9.21 Å². The van der Waals surface area contributed by atoms with Crippen LogP contribution in [0.3, 0.4) is 0 Å². The molecule has 1 aliphatic heterocycles. The number of amides is 1. The minimum absolute atomic E-state index is 0.121. The minimum Gasteiger partial charge on any atom is -0.465 e. The van der Waals surface area contributed by atoms with Crippen molar-refractivity contribution in [1.82, 2.24) is 9.99 Å². The Balaban J connectivity index is 1.98. The number of nitrogens with one attached hydrogen (secondary N) is 1. The van der Waals surface area contributed by atoms with Gasteiger partial charge in [-0.1, -0.05) is 30.3 Å². The zero-order valence-corrected chi connectivity index (χ0v) is 11.7. The Hall–Kier alpha value is -3.08. The van der Waals surface area contributed by atoms with Crippen molar-refractivity contribution in [2.75, 3.05) is 0 Å². The fraction of sp³-hybridized carbons (Fsp3) is 0.0588. The Labute approximate surface area is 126 Å². The van der Waals surface area contributed by atoms with Crippen LogP contribution in [0.15, 0.2) is 64.3 Å². The SMILES string of the molecule is O=C1Cn2c(-c3ccccc3)c/c(=C\c3ccco3)c2=NN1. The number of fused-ring (bicyclic) bond motifs is 1. The highest BCUT2D eigenvalue weighted by molar-refractivity contribution is 5.77. The largest absolute Gasteiger partial charge is 0.465 e. The normalized spacial score (nSPS) is 14.4. The topological polar surface area (TPSA) is 59.5 Å². The third kappa shape index (κ3) is 2.13. The molecule has 1 amide bonds. The molecule has 5 heteroatoms. The van der Waals surface area contributed by atoms with Crippen LogP contribution in [0.25, 0.3) is 17.3 Å². The standard InChI is InChI=1S/C17H13N3O2/c21-16-11-20-15(12-5-2-1-3-6-12)10-13(17(20)19-18-16)9-14-7-4-8-22-14/h1-10H,11H2,(H,18,21)/b13-9+. The summed E-state index contributed by atoms with van der Waals surface area (Å²) < 4.78 is 7.29. The Morgan fingerprint density at radius 3 is 2.82 bits per heavy atom. The molecule has 0 bridgehead atoms. The quantitative estimate of drug-likeness (QED) is 0.772. The lowest BCUT2D eigenvalue weighted by Gasteiger charge is -2.12. The van der Waals surface area contributed by atoms with Gasteiger partial charge in [-0.15, -0.1) is 0 Å². The van der Waals surface area contributed by atoms with E-state index < -0.39 is 0 Å². The van der Waals surface area contributed by atoms with E-state index in [1.165, 1.54) is 0 Å². The molecular formula is C17H13N3O2. The Kier molecular flexibility index (Phi) is 2.89. The molecule has 3 aromatic rings. The lowest BCUT2D eigenvalue weighted by molar-refractivity contribution is -0.122. The molecule has 1 aromatic carbocycles. The second kappa shape index (κ2) is 5.04. The third-order valence-electron chi connectivity index (χ3n) is 3.60. The molecule has 0 radical (unpaired) electrons. The molecule has 0 saturated heterocycles. The molecule has 5 nitrogen and oxygen atoms in total. The maximum absolute atomic E-state index is 11.7. The molecule has 0 fully saturated rings. The first kappa shape index (κ1) is 12.6. The summed E-state index contributed by atoms with van der Waals surface area (Å²) in [6, 6.07) is 15.7. The van der Waals surface area contributed by atoms with Crippen molar-refractivity contribution in [2.45, 2.75) is 6.54 Å². The minimum atomic E-state index is -0.121. The van der Waals surface area contributed by atoms with Gasteiger partial charge in [-0.05, 0) is 29.8 Å². The molecular weight excluding hydrogens is 278 g/mol. The summed E-state index contributed by atoms with van der Waals surface area (Å²) in [5.41, 5.74) is 5.28. The summed E-state index contributed by atoms with van der Waals surface area (Å²) in [5.74, 6) is 0.630. The monoisotopic (exact) mass is 291 g/mol. The zero-order valence-electron chi connectivity index (χ0n) is 11.7. The molecule has 1 aliphatic rings. The number of hydrogen-bond acceptors (Lipinski definition) is 3. The average molecular weight is 291 g/mol. The Bertz CT molecular complexity index is 938. The van der Waals surface area contributed by atoms with E-state index >= 15 is 0 Å². The molecule has 0 spiro atoms. The van der Waals surface area contributed by atoms with E-state index in [4.69, 9.17) is 4.42 Å². The summed E-state index contributed by atoms with van der Waals surface area (Å²) in [7, 11) is 0. The molecule has 0 unspecified atom stereocenters. The fourth-order valence-electron chi connectivity index (χ4n) is 2.62. The lowest BCUT2D eigenvalue weighted by atomic mass is 10.1. The number of carbonyl (C=O) groups is 1. The van der Waals surface area contributed by atoms with Crippen LogP contribution in [0.1, 0.15) is 5.76 Å². The van der Waals surface area contributed by atoms with Crippen LogP contribution < -0.4 is 16.1 Å². The summed E-state index contributed by atoms with van der Waals surface area (Å²) in [4.78, 5) is 11.7. The van der Waals surface area contributed by atoms with Crippen LogP contribution >= 0.6 is 0 Å². The highest BCUT2D eigenvalue weighted by Gasteiger charge is 2.16. The van der Waals surface area contributed by atoms with E-state index in [1.807, 2.05) is 59.2 Å². The second-order valence-electron chi connectivity index (χ2n) is 5.07. The molecule has 108 valence electrons. The van der Waals surface area contributed by atoms with Gasteiger partial charge < -0.3 is 8.98 Å². The molecule has 3 heterocycles. The molecule has 4 rings (SSSR count). The van der Waals surface area contributed by atoms with Crippen molar-refractivity contribution in [1.29, 1.82) is 0 Å². The summed E-state index contributed by atoms with van der Waals surface area (Å²) in [6.45, 7) is 0.259. The van der Waals surface area contributed by atoms with E-state index in [0.717, 1.165) is 27.7 Å². The van der Waals surface area contributed by atoms with Gasteiger partial charge in [0.1, 0.15) is 12.3 Å². The summed E-state index contributed by atoms with van der Waals surface area (Å²) in [6.07, 6.45) is 3.55. The molecule has 1 N–H and O–H groups in total. The fourth-order valence-corrected chi connectivity index (χ4v) is 2.62. The smallest absolute Gasteiger partial charge is 0.260 e. The summed E-state index contributed by atoms with van der Waals surface area (Å²) in [5, 5.41) is 5.10. The van der Waals surface area contributed by atoms with Crippen LogP contribution in [0.2, 0.25) is 0 Å². The third-order valence-corrected chi connectivity index (χ3v) is 3.60. The Morgan fingerprint density at radius 1 is 1.18 bits per heavy atom. The van der Waals surface area contributed by atoms with Gasteiger partial charge in [0.05, 0.1) is 12.0 Å². The number of hydrogen-bond donors (Lipinski definition) is 1. The highest BCUT2D eigenvalue weighted by Crippen LogP contribution is 2.17. The van der Waals surface area contributed by atoms with E-state index in [0.29, 0.717) is 0 Å². The van der Waals surface area contributed by atoms with E-state index in [1.54, 1.807) is 6.26 Å². The van der Waals surface area contributed by atoms with Crippen LogP contribution in [0.5, 0.6) is 0 Å². The van der Waals surface area contributed by atoms with Crippen molar-refractivity contribution in [2.24, 2.45) is 5.10 Å². The van der Waals surface area contributed by atoms with Gasteiger partial charge in [0, 0.05) is 5.22 Å². The molecule has 22 heavy (non-hydrogen) atoms.